The van der Waals surface area contributed by atoms with Crippen LogP contribution in [0.25, 0.3) is 0 Å². The summed E-state index contributed by atoms with van der Waals surface area (Å²) >= 11 is 3.45. The highest BCUT2D eigenvalue weighted by atomic mass is 32.2. The molecule has 2 N–H and O–H groups in total. The van der Waals surface area contributed by atoms with Crippen LogP contribution in [0.1, 0.15) is 31.7 Å². The Morgan fingerprint density at radius 3 is 2.71 bits per heavy atom. The summed E-state index contributed by atoms with van der Waals surface area (Å²) in [5.41, 5.74) is -0.635. The monoisotopic (exact) mass is 273 g/mol. The van der Waals surface area contributed by atoms with Gasteiger partial charge in [0.2, 0.25) is 0 Å². The lowest BCUT2D eigenvalue weighted by molar-refractivity contribution is 0.0794. The standard InChI is InChI=1S/C13H23NOS2/c1-10(2)12(11-6-5-7-17-11)14-8-13(3,15)9-16-4/h5-7,10,12,14-15H,8-9H2,1-4H3. The third-order valence-corrected chi connectivity index (χ3v) is 4.54. The Kier molecular flexibility index (Phi) is 6.00. The van der Waals surface area contributed by atoms with Crippen molar-refractivity contribution in [3.05, 3.63) is 22.4 Å². The molecule has 0 radical (unpaired) electrons. The minimum atomic E-state index is -0.635. The van der Waals surface area contributed by atoms with Gasteiger partial charge >= 0.3 is 0 Å². The van der Waals surface area contributed by atoms with Crippen LogP contribution >= 0.6 is 23.1 Å². The summed E-state index contributed by atoms with van der Waals surface area (Å²) in [4.78, 5) is 1.35. The Hall–Kier alpha value is -0.0300. The molecule has 1 aromatic rings. The molecule has 0 bridgehead atoms. The van der Waals surface area contributed by atoms with Crippen LogP contribution in [0.5, 0.6) is 0 Å². The zero-order valence-electron chi connectivity index (χ0n) is 11.1. The maximum Gasteiger partial charge on any atom is 0.0833 e. The molecule has 0 saturated heterocycles. The van der Waals surface area contributed by atoms with Gasteiger partial charge in [0.15, 0.2) is 0 Å². The Morgan fingerprint density at radius 1 is 1.53 bits per heavy atom. The summed E-state index contributed by atoms with van der Waals surface area (Å²) in [5, 5.41) is 15.8. The van der Waals surface area contributed by atoms with Gasteiger partial charge in [0.25, 0.3) is 0 Å². The summed E-state index contributed by atoms with van der Waals surface area (Å²) in [7, 11) is 0. The number of nitrogens with one attached hydrogen (secondary N) is 1. The number of hydrogen-bond donors (Lipinski definition) is 2. The van der Waals surface area contributed by atoms with Crippen molar-refractivity contribution < 1.29 is 5.11 Å². The first kappa shape index (κ1) is 15.0. The lowest BCUT2D eigenvalue weighted by atomic mass is 10.0. The molecule has 2 nitrogen and oxygen atoms in total. The van der Waals surface area contributed by atoms with Crippen molar-refractivity contribution in [2.45, 2.75) is 32.4 Å². The van der Waals surface area contributed by atoms with Crippen molar-refractivity contribution in [1.82, 2.24) is 5.32 Å². The largest absolute Gasteiger partial charge is 0.388 e. The van der Waals surface area contributed by atoms with Gasteiger partial charge in [-0.05, 0) is 30.5 Å². The van der Waals surface area contributed by atoms with Gasteiger partial charge in [-0.25, -0.2) is 0 Å². The third-order valence-electron chi connectivity index (χ3n) is 2.67. The van der Waals surface area contributed by atoms with E-state index in [1.54, 1.807) is 23.1 Å². The lowest BCUT2D eigenvalue weighted by Crippen LogP contribution is -2.42. The Labute approximate surface area is 113 Å². The molecule has 0 spiro atoms. The van der Waals surface area contributed by atoms with Crippen LogP contribution in [0.4, 0.5) is 0 Å². The minimum Gasteiger partial charge on any atom is -0.388 e. The molecular weight excluding hydrogens is 250 g/mol. The van der Waals surface area contributed by atoms with E-state index < -0.39 is 5.60 Å². The molecular formula is C13H23NOS2. The number of rotatable bonds is 7. The summed E-state index contributed by atoms with van der Waals surface area (Å²) in [6.07, 6.45) is 2.02. The lowest BCUT2D eigenvalue weighted by Gasteiger charge is -2.28. The topological polar surface area (TPSA) is 32.3 Å². The van der Waals surface area contributed by atoms with Gasteiger partial charge in [0.05, 0.1) is 5.60 Å². The van der Waals surface area contributed by atoms with E-state index in [1.807, 2.05) is 13.2 Å². The van der Waals surface area contributed by atoms with Crippen molar-refractivity contribution in [2.24, 2.45) is 5.92 Å². The first-order chi connectivity index (χ1) is 7.96. The molecule has 1 aromatic heterocycles. The van der Waals surface area contributed by atoms with Gasteiger partial charge in [-0.2, -0.15) is 11.8 Å². The SMILES string of the molecule is CSCC(C)(O)CNC(c1cccs1)C(C)C. The normalized spacial score (nSPS) is 17.1. The highest BCUT2D eigenvalue weighted by Crippen LogP contribution is 2.26. The summed E-state index contributed by atoms with van der Waals surface area (Å²) in [6.45, 7) is 6.94. The molecule has 4 heteroatoms. The van der Waals surface area contributed by atoms with E-state index in [0.717, 1.165) is 5.75 Å². The first-order valence-corrected chi connectivity index (χ1v) is 8.22. The molecule has 0 amide bonds. The molecule has 1 rings (SSSR count). The second-order valence-electron chi connectivity index (χ2n) is 5.05. The van der Waals surface area contributed by atoms with Gasteiger partial charge in [0.1, 0.15) is 0 Å². The maximum absolute atomic E-state index is 10.2. The van der Waals surface area contributed by atoms with Crippen LogP contribution in [-0.4, -0.2) is 29.3 Å². The zero-order chi connectivity index (χ0) is 12.9. The van der Waals surface area contributed by atoms with E-state index in [2.05, 4.69) is 36.7 Å². The van der Waals surface area contributed by atoms with Crippen molar-refractivity contribution in [3.63, 3.8) is 0 Å². The first-order valence-electron chi connectivity index (χ1n) is 5.94. The quantitative estimate of drug-likeness (QED) is 0.800. The molecule has 2 unspecified atom stereocenters. The van der Waals surface area contributed by atoms with Gasteiger partial charge in [-0.15, -0.1) is 11.3 Å². The minimum absolute atomic E-state index is 0.336. The maximum atomic E-state index is 10.2. The predicted molar refractivity (Wildman–Crippen MR) is 78.9 cm³/mol. The number of thioether (sulfide) groups is 1. The predicted octanol–water partition coefficient (Wildman–Crippen LogP) is 3.15. The molecule has 0 aliphatic carbocycles. The van der Waals surface area contributed by atoms with Gasteiger partial charge in [0, 0.05) is 23.2 Å². The van der Waals surface area contributed by atoms with Crippen molar-refractivity contribution in [3.8, 4) is 0 Å². The van der Waals surface area contributed by atoms with E-state index in [1.165, 1.54) is 4.88 Å². The van der Waals surface area contributed by atoms with Crippen molar-refractivity contribution >= 4 is 23.1 Å². The van der Waals surface area contributed by atoms with E-state index in [-0.39, 0.29) is 0 Å². The van der Waals surface area contributed by atoms with Crippen LogP contribution in [0, 0.1) is 5.92 Å². The summed E-state index contributed by atoms with van der Waals surface area (Å²) < 4.78 is 0. The highest BCUT2D eigenvalue weighted by Gasteiger charge is 2.23. The zero-order valence-corrected chi connectivity index (χ0v) is 12.7. The van der Waals surface area contributed by atoms with E-state index in [0.29, 0.717) is 18.5 Å². The smallest absolute Gasteiger partial charge is 0.0833 e. The summed E-state index contributed by atoms with van der Waals surface area (Å²) in [6, 6.07) is 4.58. The van der Waals surface area contributed by atoms with Crippen molar-refractivity contribution in [2.75, 3.05) is 18.6 Å². The molecule has 98 valence electrons. The van der Waals surface area contributed by atoms with E-state index >= 15 is 0 Å². The number of aliphatic hydroxyl groups is 1. The van der Waals surface area contributed by atoms with Crippen LogP contribution in [-0.2, 0) is 0 Å². The Balaban J connectivity index is 2.57. The van der Waals surface area contributed by atoms with Crippen LogP contribution in [0.15, 0.2) is 17.5 Å². The molecule has 0 aliphatic rings. The van der Waals surface area contributed by atoms with Crippen molar-refractivity contribution in [1.29, 1.82) is 0 Å². The summed E-state index contributed by atoms with van der Waals surface area (Å²) in [5.74, 6) is 1.29. The molecule has 17 heavy (non-hydrogen) atoms. The fraction of sp³-hybridized carbons (Fsp3) is 0.692. The third kappa shape index (κ3) is 5.00. The fourth-order valence-electron chi connectivity index (χ4n) is 1.82. The van der Waals surface area contributed by atoms with Crippen LogP contribution < -0.4 is 5.32 Å². The van der Waals surface area contributed by atoms with Gasteiger partial charge in [-0.3, -0.25) is 0 Å². The van der Waals surface area contributed by atoms with Crippen LogP contribution in [0.2, 0.25) is 0 Å². The van der Waals surface area contributed by atoms with E-state index in [9.17, 15) is 5.11 Å². The molecule has 0 aliphatic heterocycles. The molecule has 0 fully saturated rings. The van der Waals surface area contributed by atoms with Crippen LogP contribution in [0.3, 0.4) is 0 Å². The molecule has 1 heterocycles. The highest BCUT2D eigenvalue weighted by molar-refractivity contribution is 7.98. The molecule has 2 atom stereocenters. The average Bonchev–Trinajstić information content (AvgIpc) is 2.70. The molecule has 0 saturated carbocycles. The number of hydrogen-bond acceptors (Lipinski definition) is 4. The average molecular weight is 273 g/mol. The number of thiophene rings is 1. The Bertz CT molecular complexity index is 309. The Morgan fingerprint density at radius 2 is 2.24 bits per heavy atom. The molecule has 0 aromatic carbocycles. The second kappa shape index (κ2) is 6.78. The van der Waals surface area contributed by atoms with Gasteiger partial charge < -0.3 is 10.4 Å². The second-order valence-corrected chi connectivity index (χ2v) is 6.89. The van der Waals surface area contributed by atoms with E-state index in [4.69, 9.17) is 0 Å². The fourth-order valence-corrected chi connectivity index (χ4v) is 3.52. The van der Waals surface area contributed by atoms with Gasteiger partial charge in [-0.1, -0.05) is 19.9 Å².